The molecule has 1 N–H and O–H groups in total. The van der Waals surface area contributed by atoms with E-state index in [-0.39, 0.29) is 12.5 Å². The minimum Gasteiger partial charge on any atom is -0.483 e. The van der Waals surface area contributed by atoms with Gasteiger partial charge in [0.2, 0.25) is 0 Å². The van der Waals surface area contributed by atoms with Gasteiger partial charge in [0.05, 0.1) is 0 Å². The molecule has 3 rings (SSSR count). The van der Waals surface area contributed by atoms with Crippen LogP contribution in [0.15, 0.2) is 52.1 Å². The number of hydrogen-bond acceptors (Lipinski definition) is 7. The predicted octanol–water partition coefficient (Wildman–Crippen LogP) is 5.22. The minimum atomic E-state index is 0.135. The van der Waals surface area contributed by atoms with Crippen molar-refractivity contribution in [3.05, 3.63) is 64.4 Å². The van der Waals surface area contributed by atoms with Crippen molar-refractivity contribution >= 4 is 17.4 Å². The van der Waals surface area contributed by atoms with Gasteiger partial charge in [-0.2, -0.15) is 0 Å². The predicted molar refractivity (Wildman–Crippen MR) is 99.1 cm³/mol. The molecule has 26 heavy (non-hydrogen) atoms. The SMILES string of the molecule is Cc1cc(OCc2nnc(Nc3ccccc3)o2)c(C(C)C)cc1N=O. The zero-order chi connectivity index (χ0) is 18.5. The molecule has 0 bridgehead atoms. The second kappa shape index (κ2) is 7.77. The molecule has 0 aliphatic carbocycles. The second-order valence-electron chi connectivity index (χ2n) is 6.20. The summed E-state index contributed by atoms with van der Waals surface area (Å²) in [6.45, 7) is 6.01. The van der Waals surface area contributed by atoms with E-state index in [1.807, 2.05) is 57.2 Å². The molecule has 2 aromatic carbocycles. The van der Waals surface area contributed by atoms with Crippen molar-refractivity contribution in [2.75, 3.05) is 5.32 Å². The van der Waals surface area contributed by atoms with Gasteiger partial charge in [0.25, 0.3) is 5.89 Å². The van der Waals surface area contributed by atoms with Gasteiger partial charge >= 0.3 is 6.01 Å². The molecule has 0 fully saturated rings. The van der Waals surface area contributed by atoms with Crippen molar-refractivity contribution in [1.29, 1.82) is 0 Å². The van der Waals surface area contributed by atoms with Gasteiger partial charge in [-0.1, -0.05) is 37.1 Å². The maximum Gasteiger partial charge on any atom is 0.320 e. The number of aryl methyl sites for hydroxylation is 1. The Morgan fingerprint density at radius 2 is 1.96 bits per heavy atom. The minimum absolute atomic E-state index is 0.135. The lowest BCUT2D eigenvalue weighted by atomic mass is 9.99. The average Bonchev–Trinajstić information content (AvgIpc) is 3.08. The van der Waals surface area contributed by atoms with E-state index in [2.05, 4.69) is 20.7 Å². The number of para-hydroxylation sites is 1. The quantitative estimate of drug-likeness (QED) is 0.586. The Bertz CT molecular complexity index is 891. The van der Waals surface area contributed by atoms with Gasteiger partial charge < -0.3 is 14.5 Å². The maximum atomic E-state index is 10.9. The number of ether oxygens (including phenoxy) is 1. The van der Waals surface area contributed by atoms with Crippen molar-refractivity contribution < 1.29 is 9.15 Å². The van der Waals surface area contributed by atoms with Gasteiger partial charge in [0.15, 0.2) is 6.61 Å². The summed E-state index contributed by atoms with van der Waals surface area (Å²) in [5.74, 6) is 1.22. The largest absolute Gasteiger partial charge is 0.483 e. The molecule has 0 unspecified atom stereocenters. The molecular formula is C19H20N4O3. The van der Waals surface area contributed by atoms with Crippen LogP contribution in [-0.4, -0.2) is 10.2 Å². The van der Waals surface area contributed by atoms with Crippen molar-refractivity contribution in [3.63, 3.8) is 0 Å². The van der Waals surface area contributed by atoms with Gasteiger partial charge in [0, 0.05) is 5.69 Å². The molecule has 1 heterocycles. The highest BCUT2D eigenvalue weighted by molar-refractivity contribution is 5.54. The smallest absolute Gasteiger partial charge is 0.320 e. The summed E-state index contributed by atoms with van der Waals surface area (Å²) < 4.78 is 11.4. The highest BCUT2D eigenvalue weighted by Gasteiger charge is 2.14. The molecule has 0 amide bonds. The molecule has 3 aromatic rings. The van der Waals surface area contributed by atoms with Crippen LogP contribution in [0, 0.1) is 11.8 Å². The van der Waals surface area contributed by atoms with Crippen LogP contribution < -0.4 is 10.1 Å². The van der Waals surface area contributed by atoms with Crippen LogP contribution in [0.3, 0.4) is 0 Å². The van der Waals surface area contributed by atoms with Gasteiger partial charge in [0.1, 0.15) is 11.4 Å². The Morgan fingerprint density at radius 1 is 1.19 bits per heavy atom. The molecule has 7 nitrogen and oxygen atoms in total. The average molecular weight is 352 g/mol. The molecule has 0 spiro atoms. The van der Waals surface area contributed by atoms with Gasteiger partial charge in [-0.05, 0) is 53.4 Å². The summed E-state index contributed by atoms with van der Waals surface area (Å²) in [5, 5.41) is 14.0. The molecule has 0 atom stereocenters. The molecular weight excluding hydrogens is 332 g/mol. The molecule has 134 valence electrons. The lowest BCUT2D eigenvalue weighted by Crippen LogP contribution is -2.01. The second-order valence-corrected chi connectivity index (χ2v) is 6.20. The zero-order valence-corrected chi connectivity index (χ0v) is 14.9. The Hall–Kier alpha value is -3.22. The van der Waals surface area contributed by atoms with Crippen LogP contribution in [0.1, 0.15) is 36.8 Å². The number of nitroso groups, excluding NO2 is 1. The van der Waals surface area contributed by atoms with Gasteiger partial charge in [-0.15, -0.1) is 10.0 Å². The van der Waals surface area contributed by atoms with E-state index in [0.717, 1.165) is 16.8 Å². The van der Waals surface area contributed by atoms with Crippen LogP contribution in [0.4, 0.5) is 17.4 Å². The van der Waals surface area contributed by atoms with Crippen LogP contribution in [0.25, 0.3) is 0 Å². The highest BCUT2D eigenvalue weighted by Crippen LogP contribution is 2.34. The lowest BCUT2D eigenvalue weighted by Gasteiger charge is -2.14. The first-order chi connectivity index (χ1) is 12.6. The highest BCUT2D eigenvalue weighted by atomic mass is 16.5. The molecule has 0 saturated carbocycles. The summed E-state index contributed by atoms with van der Waals surface area (Å²) >= 11 is 0. The van der Waals surface area contributed by atoms with Crippen molar-refractivity contribution in [3.8, 4) is 5.75 Å². The first kappa shape index (κ1) is 17.6. The zero-order valence-electron chi connectivity index (χ0n) is 14.9. The molecule has 0 saturated heterocycles. The van der Waals surface area contributed by atoms with E-state index in [4.69, 9.17) is 9.15 Å². The van der Waals surface area contributed by atoms with E-state index in [0.29, 0.717) is 23.3 Å². The fourth-order valence-corrected chi connectivity index (χ4v) is 2.51. The van der Waals surface area contributed by atoms with E-state index >= 15 is 0 Å². The normalized spacial score (nSPS) is 10.8. The van der Waals surface area contributed by atoms with Crippen molar-refractivity contribution in [1.82, 2.24) is 10.2 Å². The number of hydrogen-bond donors (Lipinski definition) is 1. The summed E-state index contributed by atoms with van der Waals surface area (Å²) in [7, 11) is 0. The monoisotopic (exact) mass is 352 g/mol. The number of anilines is 2. The molecule has 0 aliphatic heterocycles. The van der Waals surface area contributed by atoms with Crippen LogP contribution in [-0.2, 0) is 6.61 Å². The third-order valence-corrected chi connectivity index (χ3v) is 3.89. The number of rotatable bonds is 7. The Balaban J connectivity index is 1.71. The molecule has 7 heteroatoms. The van der Waals surface area contributed by atoms with E-state index < -0.39 is 0 Å². The summed E-state index contributed by atoms with van der Waals surface area (Å²) in [5.41, 5.74) is 2.95. The van der Waals surface area contributed by atoms with Gasteiger partial charge in [-0.25, -0.2) is 0 Å². The third-order valence-electron chi connectivity index (χ3n) is 3.89. The van der Waals surface area contributed by atoms with Crippen molar-refractivity contribution in [2.45, 2.75) is 33.3 Å². The first-order valence-electron chi connectivity index (χ1n) is 8.32. The van der Waals surface area contributed by atoms with Gasteiger partial charge in [-0.3, -0.25) is 0 Å². The standard InChI is InChI=1S/C19H20N4O3/c1-12(2)15-10-16(23-24)13(3)9-17(15)25-11-18-21-22-19(26-18)20-14-7-5-4-6-8-14/h4-10,12H,11H2,1-3H3,(H,20,22). The number of nitrogens with zero attached hydrogens (tertiary/aromatic N) is 3. The number of aromatic nitrogens is 2. The van der Waals surface area contributed by atoms with Crippen LogP contribution >= 0.6 is 0 Å². The van der Waals surface area contributed by atoms with Crippen LogP contribution in [0.2, 0.25) is 0 Å². The van der Waals surface area contributed by atoms with Crippen molar-refractivity contribution in [2.24, 2.45) is 5.18 Å². The fourth-order valence-electron chi connectivity index (χ4n) is 2.51. The third kappa shape index (κ3) is 4.05. The molecule has 0 aliphatic rings. The number of benzene rings is 2. The van der Waals surface area contributed by atoms with E-state index in [1.165, 1.54) is 0 Å². The topological polar surface area (TPSA) is 89.6 Å². The summed E-state index contributed by atoms with van der Waals surface area (Å²) in [6.07, 6.45) is 0. The maximum absolute atomic E-state index is 10.9. The Labute approximate surface area is 151 Å². The molecule has 1 aromatic heterocycles. The van der Waals surface area contributed by atoms with Crippen LogP contribution in [0.5, 0.6) is 5.75 Å². The Morgan fingerprint density at radius 3 is 2.65 bits per heavy atom. The van der Waals surface area contributed by atoms with E-state index in [1.54, 1.807) is 6.07 Å². The van der Waals surface area contributed by atoms with E-state index in [9.17, 15) is 4.91 Å². The fraction of sp³-hybridized carbons (Fsp3) is 0.263. The summed E-state index contributed by atoms with van der Waals surface area (Å²) in [6, 6.07) is 13.4. The molecule has 0 radical (unpaired) electrons. The summed E-state index contributed by atoms with van der Waals surface area (Å²) in [4.78, 5) is 10.9. The lowest BCUT2D eigenvalue weighted by molar-refractivity contribution is 0.261. The Kier molecular flexibility index (Phi) is 5.26. The number of nitrogens with one attached hydrogen (secondary N) is 1. The first-order valence-corrected chi connectivity index (χ1v) is 8.32.